The topological polar surface area (TPSA) is 84.3 Å². The number of halogens is 4. The van der Waals surface area contributed by atoms with Crippen LogP contribution in [0.1, 0.15) is 5.56 Å². The highest BCUT2D eigenvalue weighted by molar-refractivity contribution is 7.89. The van der Waals surface area contributed by atoms with Gasteiger partial charge in [0.05, 0.1) is 28.4 Å². The molecule has 2 aromatic carbocycles. The molecule has 0 radical (unpaired) electrons. The average Bonchev–Trinajstić information content (AvgIpc) is 3.22. The number of anilines is 1. The number of rotatable bonds is 6. The van der Waals surface area contributed by atoms with Crippen LogP contribution in [0.2, 0.25) is 0 Å². The molecule has 0 aliphatic carbocycles. The molecule has 0 spiro atoms. The molecule has 7 nitrogen and oxygen atoms in total. The third-order valence-electron chi connectivity index (χ3n) is 4.24. The number of carbonyl (C=O) groups excluding carboxylic acids is 1. The second-order valence-electron chi connectivity index (χ2n) is 6.44. The number of aromatic nitrogens is 2. The quantitative estimate of drug-likeness (QED) is 0.577. The van der Waals surface area contributed by atoms with Gasteiger partial charge in [-0.15, -0.1) is 0 Å². The summed E-state index contributed by atoms with van der Waals surface area (Å²) in [6, 6.07) is 8.68. The molecule has 1 N–H and O–H groups in total. The van der Waals surface area contributed by atoms with E-state index in [4.69, 9.17) is 0 Å². The lowest BCUT2D eigenvalue weighted by molar-refractivity contribution is -0.137. The zero-order chi connectivity index (χ0) is 22.8. The van der Waals surface area contributed by atoms with E-state index >= 15 is 0 Å². The summed E-state index contributed by atoms with van der Waals surface area (Å²) in [4.78, 5) is 12.0. The highest BCUT2D eigenvalue weighted by Gasteiger charge is 2.35. The van der Waals surface area contributed by atoms with Crippen molar-refractivity contribution in [3.05, 3.63) is 72.3 Å². The highest BCUT2D eigenvalue weighted by atomic mass is 32.2. The first-order valence-electron chi connectivity index (χ1n) is 8.71. The zero-order valence-electron chi connectivity index (χ0n) is 16.0. The van der Waals surface area contributed by atoms with Crippen LogP contribution in [0.4, 0.5) is 23.2 Å². The fourth-order valence-electron chi connectivity index (χ4n) is 2.70. The fraction of sp³-hybridized carbons (Fsp3) is 0.158. The summed E-state index contributed by atoms with van der Waals surface area (Å²) < 4.78 is 80.4. The maximum Gasteiger partial charge on any atom is 0.418 e. The van der Waals surface area contributed by atoms with Crippen molar-refractivity contribution in [3.8, 4) is 5.69 Å². The number of sulfonamides is 1. The number of alkyl halides is 3. The molecule has 0 unspecified atom stereocenters. The van der Waals surface area contributed by atoms with Gasteiger partial charge in [0.15, 0.2) is 0 Å². The van der Waals surface area contributed by atoms with Gasteiger partial charge < -0.3 is 5.32 Å². The van der Waals surface area contributed by atoms with Crippen molar-refractivity contribution < 1.29 is 30.8 Å². The van der Waals surface area contributed by atoms with Crippen molar-refractivity contribution in [2.75, 3.05) is 18.9 Å². The molecule has 0 saturated carbocycles. The molecule has 31 heavy (non-hydrogen) atoms. The molecule has 0 aliphatic heterocycles. The first-order chi connectivity index (χ1) is 14.5. The van der Waals surface area contributed by atoms with Crippen LogP contribution < -0.4 is 5.32 Å². The number of nitrogens with one attached hydrogen (secondary N) is 1. The van der Waals surface area contributed by atoms with Crippen molar-refractivity contribution >= 4 is 21.6 Å². The molecule has 0 fully saturated rings. The molecule has 0 atom stereocenters. The molecule has 0 saturated heterocycles. The van der Waals surface area contributed by atoms with Crippen LogP contribution >= 0.6 is 0 Å². The summed E-state index contributed by atoms with van der Waals surface area (Å²) in [5.74, 6) is -1.62. The fourth-order valence-corrected chi connectivity index (χ4v) is 3.83. The lowest BCUT2D eigenvalue weighted by Crippen LogP contribution is -2.35. The van der Waals surface area contributed by atoms with E-state index < -0.39 is 45.7 Å². The Balaban J connectivity index is 1.80. The Morgan fingerprint density at radius 2 is 1.84 bits per heavy atom. The van der Waals surface area contributed by atoms with Gasteiger partial charge in [0.25, 0.3) is 0 Å². The number of benzene rings is 2. The first kappa shape index (κ1) is 22.4. The Hall–Kier alpha value is -3.25. The van der Waals surface area contributed by atoms with Crippen LogP contribution in [0.25, 0.3) is 5.69 Å². The Morgan fingerprint density at radius 1 is 1.16 bits per heavy atom. The van der Waals surface area contributed by atoms with Crippen molar-refractivity contribution in [2.45, 2.75) is 11.1 Å². The Morgan fingerprint density at radius 3 is 2.42 bits per heavy atom. The third-order valence-corrected chi connectivity index (χ3v) is 6.06. The molecular formula is C19H16F4N4O3S. The molecule has 3 rings (SSSR count). The molecule has 3 aromatic rings. The summed E-state index contributed by atoms with van der Waals surface area (Å²) in [6.07, 6.45) is -1.92. The van der Waals surface area contributed by atoms with E-state index in [9.17, 15) is 30.8 Å². The van der Waals surface area contributed by atoms with Crippen LogP contribution in [-0.2, 0) is 21.0 Å². The lowest BCUT2D eigenvalue weighted by atomic mass is 10.1. The van der Waals surface area contributed by atoms with Crippen LogP contribution in [0.5, 0.6) is 0 Å². The summed E-state index contributed by atoms with van der Waals surface area (Å²) in [7, 11) is -3.06. The minimum atomic E-state index is -4.78. The summed E-state index contributed by atoms with van der Waals surface area (Å²) >= 11 is 0. The molecule has 1 amide bonds. The molecule has 0 bridgehead atoms. The number of carbonyl (C=O) groups is 1. The van der Waals surface area contributed by atoms with Crippen molar-refractivity contribution in [1.29, 1.82) is 0 Å². The molecule has 1 aromatic heterocycles. The van der Waals surface area contributed by atoms with Gasteiger partial charge in [-0.3, -0.25) is 4.79 Å². The molecule has 0 aliphatic rings. The normalized spacial score (nSPS) is 12.2. The number of hydrogen-bond donors (Lipinski definition) is 1. The SMILES string of the molecule is CN(CC(=O)Nc1ccc(-n2cccn2)cc1C(F)(F)F)S(=O)(=O)c1ccc(F)cc1. The highest BCUT2D eigenvalue weighted by Crippen LogP contribution is 2.36. The maximum atomic E-state index is 13.5. The van der Waals surface area contributed by atoms with Crippen LogP contribution in [0.3, 0.4) is 0 Å². The Labute approximate surface area is 175 Å². The van der Waals surface area contributed by atoms with E-state index in [2.05, 4.69) is 10.4 Å². The summed E-state index contributed by atoms with van der Waals surface area (Å²) in [5, 5.41) is 5.96. The van der Waals surface area contributed by atoms with Gasteiger partial charge in [0, 0.05) is 19.4 Å². The van der Waals surface area contributed by atoms with Gasteiger partial charge in [0.1, 0.15) is 5.82 Å². The molecular weight excluding hydrogens is 440 g/mol. The number of nitrogens with zero attached hydrogens (tertiary/aromatic N) is 3. The second kappa shape index (κ2) is 8.47. The predicted molar refractivity (Wildman–Crippen MR) is 103 cm³/mol. The van der Waals surface area contributed by atoms with Crippen molar-refractivity contribution in [3.63, 3.8) is 0 Å². The Bertz CT molecular complexity index is 1180. The maximum absolute atomic E-state index is 13.5. The van der Waals surface area contributed by atoms with E-state index in [1.807, 2.05) is 0 Å². The van der Waals surface area contributed by atoms with Gasteiger partial charge in [0.2, 0.25) is 15.9 Å². The largest absolute Gasteiger partial charge is 0.418 e. The van der Waals surface area contributed by atoms with Crippen LogP contribution in [0.15, 0.2) is 65.8 Å². The summed E-state index contributed by atoms with van der Waals surface area (Å²) in [6.45, 7) is -0.752. The molecule has 164 valence electrons. The van der Waals surface area contributed by atoms with Gasteiger partial charge in [-0.25, -0.2) is 17.5 Å². The van der Waals surface area contributed by atoms with Crippen molar-refractivity contribution in [1.82, 2.24) is 14.1 Å². The number of hydrogen-bond acceptors (Lipinski definition) is 4. The Kier molecular flexibility index (Phi) is 6.13. The van der Waals surface area contributed by atoms with Gasteiger partial charge in [-0.05, 0) is 48.5 Å². The number of likely N-dealkylation sites (N-methyl/N-ethyl adjacent to an activating group) is 1. The average molecular weight is 456 g/mol. The standard InChI is InChI=1S/C19H16F4N4O3S/c1-26(31(29,30)15-6-3-13(20)4-7-15)12-18(28)25-17-8-5-14(27-10-2-9-24-27)11-16(17)19(21,22)23/h2-11H,12H2,1H3,(H,25,28). The third kappa shape index (κ3) is 5.09. The van der Waals surface area contributed by atoms with E-state index in [0.29, 0.717) is 4.31 Å². The zero-order valence-corrected chi connectivity index (χ0v) is 16.8. The van der Waals surface area contributed by atoms with E-state index in [1.165, 1.54) is 23.1 Å². The number of amides is 1. The van der Waals surface area contributed by atoms with Crippen LogP contribution in [-0.4, -0.2) is 42.0 Å². The van der Waals surface area contributed by atoms with E-state index in [0.717, 1.165) is 43.4 Å². The summed E-state index contributed by atoms with van der Waals surface area (Å²) in [5.41, 5.74) is -1.51. The van der Waals surface area contributed by atoms with E-state index in [1.54, 1.807) is 6.07 Å². The van der Waals surface area contributed by atoms with Crippen molar-refractivity contribution in [2.24, 2.45) is 0 Å². The first-order valence-corrected chi connectivity index (χ1v) is 10.2. The second-order valence-corrected chi connectivity index (χ2v) is 8.49. The predicted octanol–water partition coefficient (Wildman–Crippen LogP) is 3.29. The minimum absolute atomic E-state index is 0.131. The van der Waals surface area contributed by atoms with Gasteiger partial charge >= 0.3 is 6.18 Å². The minimum Gasteiger partial charge on any atom is -0.324 e. The lowest BCUT2D eigenvalue weighted by Gasteiger charge is -2.19. The van der Waals surface area contributed by atoms with Gasteiger partial charge in [-0.2, -0.15) is 22.6 Å². The monoisotopic (exact) mass is 456 g/mol. The van der Waals surface area contributed by atoms with Gasteiger partial charge in [-0.1, -0.05) is 0 Å². The van der Waals surface area contributed by atoms with E-state index in [-0.39, 0.29) is 10.6 Å². The molecule has 12 heteroatoms. The molecule has 1 heterocycles. The van der Waals surface area contributed by atoms with Crippen LogP contribution in [0, 0.1) is 5.82 Å². The smallest absolute Gasteiger partial charge is 0.324 e.